The van der Waals surface area contributed by atoms with E-state index in [0.29, 0.717) is 12.5 Å². The molecule has 2 saturated heterocycles. The Hall–Kier alpha value is -2.54. The fourth-order valence-corrected chi connectivity index (χ4v) is 6.66. The number of hydrogen-bond donors (Lipinski definition) is 1. The molecule has 3 fully saturated rings. The normalized spacial score (nSPS) is 31.1. The van der Waals surface area contributed by atoms with E-state index in [4.69, 9.17) is 14.2 Å². The molecular formula is C24H30N2O5. The number of fused-ring (bicyclic) bond motifs is 4. The molecule has 4 bridgehead atoms. The average Bonchev–Trinajstić information content (AvgIpc) is 3.10. The van der Waals surface area contributed by atoms with Crippen LogP contribution in [0.2, 0.25) is 0 Å². The largest absolute Gasteiger partial charge is 0.497 e. The molecule has 4 heterocycles. The molecule has 3 aliphatic heterocycles. The van der Waals surface area contributed by atoms with Crippen LogP contribution >= 0.6 is 0 Å². The van der Waals surface area contributed by atoms with E-state index >= 15 is 0 Å². The van der Waals surface area contributed by atoms with Crippen molar-refractivity contribution in [3.63, 3.8) is 0 Å². The highest BCUT2D eigenvalue weighted by atomic mass is 16.5. The number of aromatic amines is 1. The maximum absolute atomic E-state index is 13.6. The van der Waals surface area contributed by atoms with Crippen molar-refractivity contribution >= 4 is 22.8 Å². The topological polar surface area (TPSA) is 80.9 Å². The summed E-state index contributed by atoms with van der Waals surface area (Å²) in [7, 11) is 3.17. The molecule has 7 nitrogen and oxygen atoms in total. The van der Waals surface area contributed by atoms with E-state index in [1.54, 1.807) is 7.11 Å². The number of H-pyrrole nitrogens is 1. The minimum absolute atomic E-state index is 0.0386. The number of carbonyl (C=O) groups excluding carboxylic acids is 2. The summed E-state index contributed by atoms with van der Waals surface area (Å²) < 4.78 is 16.2. The van der Waals surface area contributed by atoms with Crippen LogP contribution in [0.5, 0.6) is 5.75 Å². The zero-order valence-electron chi connectivity index (χ0n) is 18.4. The predicted molar refractivity (Wildman–Crippen MR) is 115 cm³/mol. The molecule has 31 heavy (non-hydrogen) atoms. The van der Waals surface area contributed by atoms with Crippen molar-refractivity contribution in [2.24, 2.45) is 11.8 Å². The summed E-state index contributed by atoms with van der Waals surface area (Å²) in [6.07, 6.45) is 3.49. The van der Waals surface area contributed by atoms with E-state index in [2.05, 4.69) is 16.0 Å². The lowest BCUT2D eigenvalue weighted by Crippen LogP contribution is -2.67. The summed E-state index contributed by atoms with van der Waals surface area (Å²) >= 11 is 0. The first-order valence-corrected chi connectivity index (χ1v) is 11.1. The fourth-order valence-electron chi connectivity index (χ4n) is 6.66. The first-order chi connectivity index (χ1) is 15.0. The number of carbonyl (C=O) groups is 2. The Bertz CT molecular complexity index is 1030. The minimum atomic E-state index is -0.727. The van der Waals surface area contributed by atoms with Crippen LogP contribution in [0.15, 0.2) is 18.2 Å². The molecule has 1 aromatic carbocycles. The van der Waals surface area contributed by atoms with Gasteiger partial charge >= 0.3 is 11.9 Å². The second-order valence-corrected chi connectivity index (χ2v) is 9.24. The lowest BCUT2D eigenvalue weighted by Gasteiger charge is -2.57. The van der Waals surface area contributed by atoms with Gasteiger partial charge in [0.2, 0.25) is 0 Å². The summed E-state index contributed by atoms with van der Waals surface area (Å²) in [5.41, 5.74) is 2.51. The number of rotatable bonds is 5. The molecule has 166 valence electrons. The van der Waals surface area contributed by atoms with Crippen LogP contribution in [0.3, 0.4) is 0 Å². The van der Waals surface area contributed by atoms with Crippen LogP contribution in [-0.2, 0) is 30.9 Å². The van der Waals surface area contributed by atoms with Crippen LogP contribution in [0.1, 0.15) is 37.4 Å². The lowest BCUT2D eigenvalue weighted by atomic mass is 9.56. The van der Waals surface area contributed by atoms with Crippen molar-refractivity contribution in [2.45, 2.75) is 44.1 Å². The summed E-state index contributed by atoms with van der Waals surface area (Å²) in [5.74, 6) is 1.09. The van der Waals surface area contributed by atoms with E-state index in [0.717, 1.165) is 61.1 Å². The van der Waals surface area contributed by atoms with Gasteiger partial charge in [0.25, 0.3) is 0 Å². The summed E-state index contributed by atoms with van der Waals surface area (Å²) in [5, 5.41) is 1.12. The van der Waals surface area contributed by atoms with Crippen LogP contribution in [-0.4, -0.2) is 61.8 Å². The third-order valence-electron chi connectivity index (χ3n) is 7.64. The zero-order valence-corrected chi connectivity index (χ0v) is 18.4. The van der Waals surface area contributed by atoms with Gasteiger partial charge in [0.15, 0.2) is 0 Å². The van der Waals surface area contributed by atoms with Crippen molar-refractivity contribution in [2.75, 3.05) is 33.9 Å². The van der Waals surface area contributed by atoms with Crippen LogP contribution in [0, 0.1) is 11.8 Å². The molecule has 2 aromatic rings. The van der Waals surface area contributed by atoms with E-state index in [9.17, 15) is 9.59 Å². The molecule has 0 spiro atoms. The fraction of sp³-hybridized carbons (Fsp3) is 0.583. The van der Waals surface area contributed by atoms with Crippen molar-refractivity contribution in [1.82, 2.24) is 9.88 Å². The molecule has 5 unspecified atom stereocenters. The van der Waals surface area contributed by atoms with Gasteiger partial charge in [-0.05, 0) is 61.3 Å². The second-order valence-electron chi connectivity index (χ2n) is 9.24. The van der Waals surface area contributed by atoms with Gasteiger partial charge in [-0.25, -0.2) is 0 Å². The SMILES string of the molecule is COC(=O)C12CC3CC(CCOC(C)=O)C1N(CCc1c2[nH]c2ccc(OC)cc12)C3. The number of piperidine rings is 2. The Kier molecular flexibility index (Phi) is 4.96. The Morgan fingerprint density at radius 3 is 2.87 bits per heavy atom. The van der Waals surface area contributed by atoms with Crippen LogP contribution in [0.25, 0.3) is 10.9 Å². The highest BCUT2D eigenvalue weighted by molar-refractivity contribution is 5.92. The predicted octanol–water partition coefficient (Wildman–Crippen LogP) is 2.81. The van der Waals surface area contributed by atoms with Crippen LogP contribution in [0.4, 0.5) is 0 Å². The quantitative estimate of drug-likeness (QED) is 0.741. The Balaban J connectivity index is 1.64. The third-order valence-corrected chi connectivity index (χ3v) is 7.64. The van der Waals surface area contributed by atoms with Gasteiger partial charge in [-0.3, -0.25) is 14.5 Å². The molecule has 0 radical (unpaired) electrons. The molecule has 1 aliphatic carbocycles. The molecular weight excluding hydrogens is 396 g/mol. The van der Waals surface area contributed by atoms with Gasteiger partial charge in [-0.2, -0.15) is 0 Å². The first-order valence-electron chi connectivity index (χ1n) is 11.1. The van der Waals surface area contributed by atoms with E-state index in [1.807, 2.05) is 12.1 Å². The summed E-state index contributed by atoms with van der Waals surface area (Å²) in [4.78, 5) is 31.0. The minimum Gasteiger partial charge on any atom is -0.497 e. The highest BCUT2D eigenvalue weighted by Gasteiger charge is 2.62. The summed E-state index contributed by atoms with van der Waals surface area (Å²) in [6, 6.07) is 6.09. The second kappa shape index (κ2) is 7.55. The van der Waals surface area contributed by atoms with Gasteiger partial charge in [0.05, 0.1) is 20.8 Å². The van der Waals surface area contributed by atoms with Crippen molar-refractivity contribution in [3.8, 4) is 5.75 Å². The number of esters is 2. The number of benzene rings is 1. The van der Waals surface area contributed by atoms with Gasteiger partial charge in [0.1, 0.15) is 11.2 Å². The van der Waals surface area contributed by atoms with Crippen molar-refractivity contribution in [1.29, 1.82) is 0 Å². The molecule has 1 aromatic heterocycles. The Morgan fingerprint density at radius 1 is 1.29 bits per heavy atom. The molecule has 1 saturated carbocycles. The smallest absolute Gasteiger partial charge is 0.319 e. The Labute approximate surface area is 182 Å². The molecule has 7 heteroatoms. The zero-order chi connectivity index (χ0) is 21.8. The lowest BCUT2D eigenvalue weighted by molar-refractivity contribution is -0.163. The van der Waals surface area contributed by atoms with Crippen molar-refractivity contribution in [3.05, 3.63) is 29.5 Å². The number of nitrogens with zero attached hydrogens (tertiary/aromatic N) is 1. The standard InChI is InChI=1S/C24H30N2O5/c1-14(27)31-9-7-16-10-15-12-24(23(28)30-3)21-18(6-8-26(13-15)22(16)24)19-11-17(29-2)4-5-20(19)25-21/h4-5,11,15-16,22,25H,6-10,12-13H2,1-3H3. The van der Waals surface area contributed by atoms with E-state index in [1.165, 1.54) is 19.6 Å². The first kappa shape index (κ1) is 20.4. The number of nitrogens with one attached hydrogen (secondary N) is 1. The molecule has 4 aliphatic rings. The molecule has 0 amide bonds. The maximum atomic E-state index is 13.6. The highest BCUT2D eigenvalue weighted by Crippen LogP contribution is 2.55. The van der Waals surface area contributed by atoms with E-state index in [-0.39, 0.29) is 23.9 Å². The molecule has 6 rings (SSSR count). The number of methoxy groups -OCH3 is 2. The summed E-state index contributed by atoms with van der Waals surface area (Å²) in [6.45, 7) is 3.75. The van der Waals surface area contributed by atoms with Gasteiger partial charge < -0.3 is 19.2 Å². The maximum Gasteiger partial charge on any atom is 0.319 e. The molecule has 5 atom stereocenters. The molecule has 1 N–H and O–H groups in total. The van der Waals surface area contributed by atoms with Gasteiger partial charge in [0, 0.05) is 42.7 Å². The van der Waals surface area contributed by atoms with E-state index < -0.39 is 5.41 Å². The number of aromatic nitrogens is 1. The van der Waals surface area contributed by atoms with Gasteiger partial charge in [-0.15, -0.1) is 0 Å². The average molecular weight is 427 g/mol. The monoisotopic (exact) mass is 426 g/mol. The Morgan fingerprint density at radius 2 is 2.13 bits per heavy atom. The van der Waals surface area contributed by atoms with Crippen LogP contribution < -0.4 is 4.74 Å². The van der Waals surface area contributed by atoms with Crippen molar-refractivity contribution < 1.29 is 23.8 Å². The number of ether oxygens (including phenoxy) is 3. The van der Waals surface area contributed by atoms with Gasteiger partial charge in [-0.1, -0.05) is 0 Å². The number of hydrogen-bond acceptors (Lipinski definition) is 6. The third kappa shape index (κ3) is 3.04.